The second-order valence-corrected chi connectivity index (χ2v) is 5.68. The van der Waals surface area contributed by atoms with Crippen LogP contribution in [0.3, 0.4) is 0 Å². The Bertz CT molecular complexity index is 729. The number of aryl methyl sites for hydroxylation is 1. The Morgan fingerprint density at radius 2 is 2.26 bits per heavy atom. The summed E-state index contributed by atoms with van der Waals surface area (Å²) in [6.45, 7) is 2.89. The molecule has 8 heteroatoms. The smallest absolute Gasteiger partial charge is 0.272 e. The normalized spacial score (nSPS) is 18.0. The molecule has 0 radical (unpaired) electrons. The summed E-state index contributed by atoms with van der Waals surface area (Å²) in [5, 5.41) is 15.0. The molecule has 0 aliphatic carbocycles. The third-order valence-electron chi connectivity index (χ3n) is 4.13. The van der Waals surface area contributed by atoms with Gasteiger partial charge in [-0.3, -0.25) is 14.9 Å². The first-order chi connectivity index (χ1) is 11.1. The zero-order valence-electron chi connectivity index (χ0n) is 12.8. The Balaban J connectivity index is 1.77. The molecule has 1 aromatic heterocycles. The molecule has 0 bridgehead atoms. The van der Waals surface area contributed by atoms with E-state index in [4.69, 9.17) is 0 Å². The molecule has 1 fully saturated rings. The van der Waals surface area contributed by atoms with E-state index in [-0.39, 0.29) is 17.6 Å². The van der Waals surface area contributed by atoms with Gasteiger partial charge < -0.3 is 4.90 Å². The Morgan fingerprint density at radius 1 is 1.43 bits per heavy atom. The van der Waals surface area contributed by atoms with Gasteiger partial charge in [0.05, 0.1) is 11.0 Å². The first-order valence-corrected chi connectivity index (χ1v) is 7.44. The summed E-state index contributed by atoms with van der Waals surface area (Å²) in [4.78, 5) is 28.8. The van der Waals surface area contributed by atoms with E-state index in [0.717, 1.165) is 12.8 Å². The fraction of sp³-hybridized carbons (Fsp3) is 0.400. The average Bonchev–Trinajstić information content (AvgIpc) is 3.08. The second-order valence-electron chi connectivity index (χ2n) is 5.68. The lowest BCUT2D eigenvalue weighted by Gasteiger charge is -2.32. The van der Waals surface area contributed by atoms with Crippen LogP contribution in [0.1, 0.15) is 34.8 Å². The third-order valence-corrected chi connectivity index (χ3v) is 4.13. The molecule has 0 spiro atoms. The zero-order valence-corrected chi connectivity index (χ0v) is 12.8. The number of hydrogen-bond acceptors (Lipinski definition) is 5. The highest BCUT2D eigenvalue weighted by Gasteiger charge is 2.26. The van der Waals surface area contributed by atoms with E-state index in [2.05, 4.69) is 10.1 Å². The molecular formula is C15H17N5O3. The topological polar surface area (TPSA) is 94.2 Å². The SMILES string of the molecule is Cc1cc(C(=O)N2CCC[C@@H](n3cncn3)C2)ccc1[N+](=O)[O-]. The summed E-state index contributed by atoms with van der Waals surface area (Å²) in [6.07, 6.45) is 4.99. The van der Waals surface area contributed by atoms with Crippen molar-refractivity contribution in [1.29, 1.82) is 0 Å². The van der Waals surface area contributed by atoms with Crippen LogP contribution in [0.4, 0.5) is 5.69 Å². The monoisotopic (exact) mass is 315 g/mol. The van der Waals surface area contributed by atoms with Crippen LogP contribution < -0.4 is 0 Å². The lowest BCUT2D eigenvalue weighted by atomic mass is 10.0. The number of benzene rings is 1. The van der Waals surface area contributed by atoms with Crippen LogP contribution in [-0.2, 0) is 0 Å². The van der Waals surface area contributed by atoms with Crippen molar-refractivity contribution in [2.24, 2.45) is 0 Å². The van der Waals surface area contributed by atoms with Crippen LogP contribution in [0.15, 0.2) is 30.9 Å². The number of hydrogen-bond donors (Lipinski definition) is 0. The maximum Gasteiger partial charge on any atom is 0.272 e. The summed E-state index contributed by atoms with van der Waals surface area (Å²) in [6, 6.07) is 4.61. The molecule has 3 rings (SSSR count). The van der Waals surface area contributed by atoms with Crippen LogP contribution in [0.5, 0.6) is 0 Å². The Morgan fingerprint density at radius 3 is 2.91 bits per heavy atom. The molecule has 0 saturated carbocycles. The molecule has 1 aromatic carbocycles. The van der Waals surface area contributed by atoms with Crippen molar-refractivity contribution in [3.8, 4) is 0 Å². The van der Waals surface area contributed by atoms with Gasteiger partial charge in [-0.2, -0.15) is 5.10 Å². The predicted octanol–water partition coefficient (Wildman–Crippen LogP) is 1.97. The highest BCUT2D eigenvalue weighted by molar-refractivity contribution is 5.94. The van der Waals surface area contributed by atoms with Gasteiger partial charge in [0.1, 0.15) is 12.7 Å². The maximum absolute atomic E-state index is 12.7. The van der Waals surface area contributed by atoms with Gasteiger partial charge in [-0.25, -0.2) is 9.67 Å². The number of nitro groups is 1. The van der Waals surface area contributed by atoms with Crippen molar-refractivity contribution in [3.05, 3.63) is 52.1 Å². The number of likely N-dealkylation sites (tertiary alicyclic amines) is 1. The van der Waals surface area contributed by atoms with E-state index in [0.29, 0.717) is 24.2 Å². The molecule has 1 saturated heterocycles. The summed E-state index contributed by atoms with van der Waals surface area (Å²) in [7, 11) is 0. The van der Waals surface area contributed by atoms with E-state index in [1.54, 1.807) is 28.9 Å². The van der Waals surface area contributed by atoms with Crippen LogP contribution >= 0.6 is 0 Å². The van der Waals surface area contributed by atoms with Gasteiger partial charge >= 0.3 is 0 Å². The number of rotatable bonds is 3. The van der Waals surface area contributed by atoms with Gasteiger partial charge in [0, 0.05) is 30.3 Å². The van der Waals surface area contributed by atoms with Crippen molar-refractivity contribution >= 4 is 11.6 Å². The average molecular weight is 315 g/mol. The lowest BCUT2D eigenvalue weighted by molar-refractivity contribution is -0.385. The molecule has 120 valence electrons. The fourth-order valence-corrected chi connectivity index (χ4v) is 2.94. The molecular weight excluding hydrogens is 298 g/mol. The Hall–Kier alpha value is -2.77. The molecule has 2 aromatic rings. The third kappa shape index (κ3) is 3.05. The van der Waals surface area contributed by atoms with Crippen molar-refractivity contribution in [2.75, 3.05) is 13.1 Å². The second kappa shape index (κ2) is 6.15. The van der Waals surface area contributed by atoms with Crippen molar-refractivity contribution in [1.82, 2.24) is 19.7 Å². The minimum atomic E-state index is -0.439. The predicted molar refractivity (Wildman–Crippen MR) is 82.0 cm³/mol. The van der Waals surface area contributed by atoms with Crippen LogP contribution in [0.25, 0.3) is 0 Å². The molecule has 1 atom stereocenters. The standard InChI is InChI=1S/C15H17N5O3/c1-11-7-12(4-5-14(11)20(22)23)15(21)18-6-2-3-13(8-18)19-10-16-9-17-19/h4-5,7,9-10,13H,2-3,6,8H2,1H3/t13-/m1/s1. The molecule has 2 heterocycles. The fourth-order valence-electron chi connectivity index (χ4n) is 2.94. The summed E-state index contributed by atoms with van der Waals surface area (Å²) < 4.78 is 1.78. The summed E-state index contributed by atoms with van der Waals surface area (Å²) in [5.41, 5.74) is 0.999. The van der Waals surface area contributed by atoms with Gasteiger partial charge in [0.25, 0.3) is 11.6 Å². The molecule has 8 nitrogen and oxygen atoms in total. The van der Waals surface area contributed by atoms with Gasteiger partial charge in [0.2, 0.25) is 0 Å². The quantitative estimate of drug-likeness (QED) is 0.637. The number of nitrogens with zero attached hydrogens (tertiary/aromatic N) is 5. The van der Waals surface area contributed by atoms with Crippen molar-refractivity contribution in [3.63, 3.8) is 0 Å². The molecule has 0 N–H and O–H groups in total. The van der Waals surface area contributed by atoms with Crippen molar-refractivity contribution in [2.45, 2.75) is 25.8 Å². The van der Waals surface area contributed by atoms with Crippen LogP contribution in [0.2, 0.25) is 0 Å². The van der Waals surface area contributed by atoms with Crippen molar-refractivity contribution < 1.29 is 9.72 Å². The van der Waals surface area contributed by atoms with Gasteiger partial charge in [-0.15, -0.1) is 0 Å². The first kappa shape index (κ1) is 15.1. The number of amides is 1. The molecule has 1 aliphatic rings. The molecule has 1 aliphatic heterocycles. The number of carbonyl (C=O) groups is 1. The van der Waals surface area contributed by atoms with Gasteiger partial charge in [-0.1, -0.05) is 0 Å². The molecule has 0 unspecified atom stereocenters. The van der Waals surface area contributed by atoms with Gasteiger partial charge in [-0.05, 0) is 31.9 Å². The summed E-state index contributed by atoms with van der Waals surface area (Å²) in [5.74, 6) is -0.104. The van der Waals surface area contributed by atoms with E-state index in [9.17, 15) is 14.9 Å². The van der Waals surface area contributed by atoms with Gasteiger partial charge in [0.15, 0.2) is 0 Å². The number of carbonyl (C=O) groups excluding carboxylic acids is 1. The van der Waals surface area contributed by atoms with E-state index >= 15 is 0 Å². The Kier molecular flexibility index (Phi) is 4.05. The number of aromatic nitrogens is 3. The Labute approximate surface area is 132 Å². The number of piperidine rings is 1. The number of nitro benzene ring substituents is 1. The molecule has 1 amide bonds. The minimum absolute atomic E-state index is 0.0284. The van der Waals surface area contributed by atoms with Crippen LogP contribution in [-0.4, -0.2) is 43.6 Å². The lowest BCUT2D eigenvalue weighted by Crippen LogP contribution is -2.40. The highest BCUT2D eigenvalue weighted by atomic mass is 16.6. The first-order valence-electron chi connectivity index (χ1n) is 7.44. The molecule has 23 heavy (non-hydrogen) atoms. The van der Waals surface area contributed by atoms with E-state index < -0.39 is 4.92 Å². The summed E-state index contributed by atoms with van der Waals surface area (Å²) >= 11 is 0. The van der Waals surface area contributed by atoms with E-state index in [1.807, 2.05) is 0 Å². The zero-order chi connectivity index (χ0) is 16.4. The van der Waals surface area contributed by atoms with E-state index in [1.165, 1.54) is 18.5 Å². The van der Waals surface area contributed by atoms with Crippen LogP contribution in [0, 0.1) is 17.0 Å². The maximum atomic E-state index is 12.7. The highest BCUT2D eigenvalue weighted by Crippen LogP contribution is 2.24. The largest absolute Gasteiger partial charge is 0.337 e. The minimum Gasteiger partial charge on any atom is -0.337 e.